The highest BCUT2D eigenvalue weighted by atomic mass is 16.3. The van der Waals surface area contributed by atoms with Crippen LogP contribution in [0.25, 0.3) is 5.69 Å². The predicted octanol–water partition coefficient (Wildman–Crippen LogP) is 2.01. The van der Waals surface area contributed by atoms with Gasteiger partial charge in [0.1, 0.15) is 5.69 Å². The molecule has 1 heterocycles. The lowest BCUT2D eigenvalue weighted by atomic mass is 10.0. The smallest absolute Gasteiger partial charge is 0.269 e. The van der Waals surface area contributed by atoms with Crippen LogP contribution in [-0.2, 0) is 0 Å². The van der Waals surface area contributed by atoms with Gasteiger partial charge in [0.15, 0.2) is 0 Å². The minimum Gasteiger partial charge on any atom is -0.393 e. The summed E-state index contributed by atoms with van der Waals surface area (Å²) >= 11 is 0. The number of rotatable bonds is 6. The molecule has 5 heteroatoms. The average molecular weight is 287 g/mol. The molecule has 2 N–H and O–H groups in total. The van der Waals surface area contributed by atoms with Gasteiger partial charge in [0.2, 0.25) is 0 Å². The molecule has 2 rings (SSSR count). The first-order chi connectivity index (χ1) is 10.1. The van der Waals surface area contributed by atoms with Crippen molar-refractivity contribution in [1.82, 2.24) is 14.9 Å². The lowest BCUT2D eigenvalue weighted by Crippen LogP contribution is -2.30. The van der Waals surface area contributed by atoms with Crippen LogP contribution in [0.4, 0.5) is 0 Å². The third-order valence-corrected chi connectivity index (χ3v) is 3.26. The van der Waals surface area contributed by atoms with Gasteiger partial charge in [-0.15, -0.1) is 0 Å². The van der Waals surface area contributed by atoms with Gasteiger partial charge < -0.3 is 10.4 Å². The van der Waals surface area contributed by atoms with Crippen molar-refractivity contribution in [2.24, 2.45) is 5.92 Å². The summed E-state index contributed by atoms with van der Waals surface area (Å²) in [6.07, 6.45) is 3.50. The predicted molar refractivity (Wildman–Crippen MR) is 81.4 cm³/mol. The number of hydrogen-bond donors (Lipinski definition) is 2. The van der Waals surface area contributed by atoms with E-state index in [1.807, 2.05) is 37.3 Å². The molecule has 0 spiro atoms. The zero-order valence-corrected chi connectivity index (χ0v) is 12.4. The molecule has 1 aromatic heterocycles. The zero-order valence-electron chi connectivity index (χ0n) is 12.4. The van der Waals surface area contributed by atoms with Crippen molar-refractivity contribution in [2.45, 2.75) is 26.4 Å². The van der Waals surface area contributed by atoms with Crippen molar-refractivity contribution in [1.29, 1.82) is 0 Å². The maximum absolute atomic E-state index is 12.3. The molecule has 0 saturated carbocycles. The second-order valence-electron chi connectivity index (χ2n) is 5.38. The molecular weight excluding hydrogens is 266 g/mol. The monoisotopic (exact) mass is 287 g/mol. The molecule has 2 atom stereocenters. The molecule has 0 aliphatic heterocycles. The zero-order chi connectivity index (χ0) is 15.2. The Balaban J connectivity index is 2.03. The lowest BCUT2D eigenvalue weighted by Gasteiger charge is -2.14. The van der Waals surface area contributed by atoms with Crippen molar-refractivity contribution in [3.05, 3.63) is 48.5 Å². The highest BCUT2D eigenvalue weighted by Gasteiger charge is 2.14. The summed E-state index contributed by atoms with van der Waals surface area (Å²) in [4.78, 5) is 16.3. The van der Waals surface area contributed by atoms with E-state index in [-0.39, 0.29) is 17.9 Å². The van der Waals surface area contributed by atoms with Gasteiger partial charge in [-0.3, -0.25) is 9.36 Å². The summed E-state index contributed by atoms with van der Waals surface area (Å²) in [7, 11) is 0. The maximum atomic E-state index is 12.3. The highest BCUT2D eigenvalue weighted by Crippen LogP contribution is 2.11. The molecular formula is C16H21N3O2. The summed E-state index contributed by atoms with van der Waals surface area (Å²) in [6, 6.07) is 9.62. The standard InChI is InChI=1S/C16H21N3O2/c1-12(8-13(2)20)9-18-16(21)15-10-17-11-19(15)14-6-4-3-5-7-14/h3-7,10-13,20H,8-9H2,1-2H3,(H,18,21). The van der Waals surface area contributed by atoms with Crippen LogP contribution in [0, 0.1) is 5.92 Å². The molecule has 5 nitrogen and oxygen atoms in total. The molecule has 21 heavy (non-hydrogen) atoms. The number of nitrogens with one attached hydrogen (secondary N) is 1. The Labute approximate surface area is 124 Å². The van der Waals surface area contributed by atoms with E-state index in [2.05, 4.69) is 10.3 Å². The van der Waals surface area contributed by atoms with Gasteiger partial charge in [-0.05, 0) is 31.4 Å². The lowest BCUT2D eigenvalue weighted by molar-refractivity contribution is 0.0932. The second kappa shape index (κ2) is 7.04. The Bertz CT molecular complexity index is 578. The third kappa shape index (κ3) is 4.16. The number of carbonyl (C=O) groups excluding carboxylic acids is 1. The summed E-state index contributed by atoms with van der Waals surface area (Å²) in [5.41, 5.74) is 1.41. The normalized spacial score (nSPS) is 13.7. The first kappa shape index (κ1) is 15.3. The number of benzene rings is 1. The quantitative estimate of drug-likeness (QED) is 0.854. The third-order valence-electron chi connectivity index (χ3n) is 3.26. The fourth-order valence-electron chi connectivity index (χ4n) is 2.28. The molecule has 112 valence electrons. The molecule has 0 saturated heterocycles. The summed E-state index contributed by atoms with van der Waals surface area (Å²) in [6.45, 7) is 4.29. The number of amides is 1. The Hall–Kier alpha value is -2.14. The van der Waals surface area contributed by atoms with E-state index in [9.17, 15) is 9.90 Å². The molecule has 0 aliphatic carbocycles. The Kier molecular flexibility index (Phi) is 5.11. The van der Waals surface area contributed by atoms with Crippen LogP contribution >= 0.6 is 0 Å². The Morgan fingerprint density at radius 3 is 2.71 bits per heavy atom. The number of carbonyl (C=O) groups is 1. The second-order valence-corrected chi connectivity index (χ2v) is 5.38. The molecule has 1 aromatic carbocycles. The van der Waals surface area contributed by atoms with E-state index in [0.29, 0.717) is 18.7 Å². The maximum Gasteiger partial charge on any atom is 0.269 e. The topological polar surface area (TPSA) is 67.2 Å². The van der Waals surface area contributed by atoms with Gasteiger partial charge >= 0.3 is 0 Å². The van der Waals surface area contributed by atoms with E-state index < -0.39 is 0 Å². The van der Waals surface area contributed by atoms with Crippen LogP contribution in [0.5, 0.6) is 0 Å². The first-order valence-corrected chi connectivity index (χ1v) is 7.12. The van der Waals surface area contributed by atoms with Crippen molar-refractivity contribution in [2.75, 3.05) is 6.54 Å². The Morgan fingerprint density at radius 2 is 2.05 bits per heavy atom. The number of aromatic nitrogens is 2. The van der Waals surface area contributed by atoms with Crippen LogP contribution in [0.3, 0.4) is 0 Å². The van der Waals surface area contributed by atoms with Crippen LogP contribution < -0.4 is 5.32 Å². The van der Waals surface area contributed by atoms with Crippen molar-refractivity contribution in [3.8, 4) is 5.69 Å². The largest absolute Gasteiger partial charge is 0.393 e. The van der Waals surface area contributed by atoms with E-state index in [0.717, 1.165) is 5.69 Å². The highest BCUT2D eigenvalue weighted by molar-refractivity contribution is 5.92. The minimum atomic E-state index is -0.355. The molecule has 2 aromatic rings. The van der Waals surface area contributed by atoms with Crippen molar-refractivity contribution in [3.63, 3.8) is 0 Å². The van der Waals surface area contributed by atoms with E-state index in [1.54, 1.807) is 24.0 Å². The van der Waals surface area contributed by atoms with Gasteiger partial charge in [-0.25, -0.2) is 4.98 Å². The average Bonchev–Trinajstić information content (AvgIpc) is 2.94. The number of imidazole rings is 1. The van der Waals surface area contributed by atoms with Crippen LogP contribution in [-0.4, -0.2) is 33.2 Å². The van der Waals surface area contributed by atoms with Gasteiger partial charge in [-0.2, -0.15) is 0 Å². The van der Waals surface area contributed by atoms with Gasteiger partial charge in [0.05, 0.1) is 18.6 Å². The van der Waals surface area contributed by atoms with E-state index in [1.165, 1.54) is 0 Å². The van der Waals surface area contributed by atoms with Gasteiger partial charge in [0.25, 0.3) is 5.91 Å². The minimum absolute atomic E-state index is 0.159. The number of nitrogens with zero attached hydrogens (tertiary/aromatic N) is 2. The summed E-state index contributed by atoms with van der Waals surface area (Å²) in [5.74, 6) is 0.0656. The fraction of sp³-hybridized carbons (Fsp3) is 0.375. The number of aliphatic hydroxyl groups is 1. The first-order valence-electron chi connectivity index (χ1n) is 7.12. The van der Waals surface area contributed by atoms with Crippen molar-refractivity contribution >= 4 is 5.91 Å². The number of hydrogen-bond acceptors (Lipinski definition) is 3. The molecule has 0 bridgehead atoms. The van der Waals surface area contributed by atoms with Crippen LogP contribution in [0.2, 0.25) is 0 Å². The number of para-hydroxylation sites is 1. The SMILES string of the molecule is CC(O)CC(C)CNC(=O)c1cncn1-c1ccccc1. The van der Waals surface area contributed by atoms with Gasteiger partial charge in [-0.1, -0.05) is 25.1 Å². The van der Waals surface area contributed by atoms with E-state index >= 15 is 0 Å². The molecule has 2 unspecified atom stereocenters. The molecule has 0 aliphatic rings. The van der Waals surface area contributed by atoms with Crippen molar-refractivity contribution < 1.29 is 9.90 Å². The Morgan fingerprint density at radius 1 is 1.33 bits per heavy atom. The molecule has 0 fully saturated rings. The molecule has 0 radical (unpaired) electrons. The van der Waals surface area contributed by atoms with Crippen LogP contribution in [0.15, 0.2) is 42.9 Å². The summed E-state index contributed by atoms with van der Waals surface area (Å²) in [5, 5.41) is 12.2. The summed E-state index contributed by atoms with van der Waals surface area (Å²) < 4.78 is 1.76. The fourth-order valence-corrected chi connectivity index (χ4v) is 2.28. The van der Waals surface area contributed by atoms with E-state index in [4.69, 9.17) is 0 Å². The van der Waals surface area contributed by atoms with Crippen LogP contribution in [0.1, 0.15) is 30.8 Å². The molecule has 1 amide bonds. The number of aliphatic hydroxyl groups excluding tert-OH is 1. The van der Waals surface area contributed by atoms with Gasteiger partial charge in [0, 0.05) is 12.2 Å².